The lowest BCUT2D eigenvalue weighted by Gasteiger charge is -2.34. The summed E-state index contributed by atoms with van der Waals surface area (Å²) in [6.07, 6.45) is 22.3. The number of nitrogens with one attached hydrogen (secondary N) is 1. The van der Waals surface area contributed by atoms with Crippen LogP contribution in [0.25, 0.3) is 0 Å². The van der Waals surface area contributed by atoms with Crippen molar-refractivity contribution in [2.24, 2.45) is 102 Å². The van der Waals surface area contributed by atoms with Gasteiger partial charge in [-0.05, 0) is 236 Å². The van der Waals surface area contributed by atoms with Crippen molar-refractivity contribution in [3.8, 4) is 0 Å². The summed E-state index contributed by atoms with van der Waals surface area (Å²) >= 11 is 0. The van der Waals surface area contributed by atoms with Crippen molar-refractivity contribution in [1.82, 2.24) is 59.2 Å². The van der Waals surface area contributed by atoms with Gasteiger partial charge in [0.15, 0.2) is 0 Å². The molecule has 3 aliphatic carbocycles. The average molecular weight is 1460 g/mol. The summed E-state index contributed by atoms with van der Waals surface area (Å²) in [7, 11) is 12.4. The number of piperidine rings is 3. The summed E-state index contributed by atoms with van der Waals surface area (Å²) in [5, 5.41) is 11.9. The minimum Gasteiger partial charge on any atom is -0.383 e. The molecule has 7 aliphatic rings. The van der Waals surface area contributed by atoms with E-state index in [0.717, 1.165) is 111 Å². The zero-order chi connectivity index (χ0) is 76.9. The molecule has 1 N–H and O–H groups in total. The highest BCUT2D eigenvalue weighted by Gasteiger charge is 2.38. The van der Waals surface area contributed by atoms with Gasteiger partial charge in [-0.1, -0.05) is 96.9 Å². The number of aromatic nitrogens is 4. The normalized spacial score (nSPS) is 22.8. The van der Waals surface area contributed by atoms with Crippen LogP contribution in [-0.2, 0) is 46.3 Å². The number of aryl methyl sites for hydroxylation is 2. The molecule has 0 spiro atoms. The number of hydrogen-bond acceptors (Lipinski definition) is 11. The zero-order valence-electron chi connectivity index (χ0n) is 68.7. The van der Waals surface area contributed by atoms with Crippen molar-refractivity contribution in [2.75, 3.05) is 114 Å². The highest BCUT2D eigenvalue weighted by molar-refractivity contribution is 5.77. The molecule has 596 valence electrons. The van der Waals surface area contributed by atoms with E-state index in [4.69, 9.17) is 4.74 Å². The van der Waals surface area contributed by atoms with Crippen LogP contribution >= 0.6 is 0 Å². The van der Waals surface area contributed by atoms with E-state index < -0.39 is 31.6 Å². The van der Waals surface area contributed by atoms with Gasteiger partial charge in [-0.15, -0.1) is 0 Å². The molecule has 0 aromatic carbocycles. The van der Waals surface area contributed by atoms with Crippen molar-refractivity contribution < 1.29 is 41.1 Å². The predicted octanol–water partition coefficient (Wildman–Crippen LogP) is 16.6. The first-order valence-electron chi connectivity index (χ1n) is 40.0. The third-order valence-electron chi connectivity index (χ3n) is 24.0. The van der Waals surface area contributed by atoms with Crippen molar-refractivity contribution in [2.45, 2.75) is 245 Å². The van der Waals surface area contributed by atoms with Crippen molar-refractivity contribution in [3.63, 3.8) is 0 Å². The number of rotatable bonds is 22. The molecule has 4 unspecified atom stereocenters. The van der Waals surface area contributed by atoms with Gasteiger partial charge in [0.1, 0.15) is 6.54 Å². The molecule has 21 heteroatoms. The van der Waals surface area contributed by atoms with E-state index in [9.17, 15) is 36.3 Å². The number of halogens is 5. The molecular weight excluding hydrogens is 1310 g/mol. The van der Waals surface area contributed by atoms with Crippen LogP contribution in [0.4, 0.5) is 22.0 Å². The van der Waals surface area contributed by atoms with Gasteiger partial charge in [-0.25, -0.2) is 8.78 Å². The molecule has 4 atom stereocenters. The Balaban J connectivity index is 0.000000262. The molecule has 6 heterocycles. The van der Waals surface area contributed by atoms with Crippen LogP contribution in [0.5, 0.6) is 0 Å². The fourth-order valence-electron chi connectivity index (χ4n) is 16.2. The number of ether oxygens (including phenoxy) is 1. The molecule has 9 rings (SSSR count). The molecule has 3 amide bonds. The molecule has 16 nitrogen and oxygen atoms in total. The first kappa shape index (κ1) is 91.0. The standard InChI is InChI=1S/C15H29NO2.C14H24F3NO.C14H25F2NO.2C13H23N3.C13H25N3/c1-15(2,3)13-7-6-12(10-13)11-14(17)16(4)8-9-18-5;1-13(2,3)11-6-5-10(7-11)8-12(19)18(4)9-14(15,16)17;1-10(2)12-6-4-11(5-7-12)8-14(18)17(3)9-13(15)16;1-11(2)12-4-8-16(9-5-12)10-13-6-7-15(3)14-13;1-11(2)13-4-6-16(7-5-13)10-12-8-14-15(3)9-12;1-11(2)12-4-6-16(7-5-12)9-13-8-14-10-15(13)3/h12-13H,6-11H2,1-5H3;10-11H,5-9H2,1-4H3;10-13H,4-9H2,1-3H3;6-7,11-12H,4-5,8-10H2,1-3H3;8-9,11,13H,4-7,10H2,1-3H3;8,11-12,14H,4-7,9-10H2,1-3H3. The van der Waals surface area contributed by atoms with Gasteiger partial charge in [0, 0.05) is 125 Å². The van der Waals surface area contributed by atoms with Gasteiger partial charge in [0.25, 0.3) is 6.43 Å². The van der Waals surface area contributed by atoms with Crippen molar-refractivity contribution in [1.29, 1.82) is 0 Å². The number of alkyl halides is 5. The summed E-state index contributed by atoms with van der Waals surface area (Å²) in [6.45, 7) is 43.5. The minimum atomic E-state index is -4.31. The zero-order valence-corrected chi connectivity index (χ0v) is 68.7. The van der Waals surface area contributed by atoms with Crippen molar-refractivity contribution >= 4 is 17.7 Å². The second-order valence-electron chi connectivity index (χ2n) is 35.7. The summed E-state index contributed by atoms with van der Waals surface area (Å²) in [5.41, 5.74) is 4.58. The molecule has 2 aromatic heterocycles. The first-order chi connectivity index (χ1) is 48.2. The van der Waals surface area contributed by atoms with E-state index in [1.165, 1.54) is 146 Å². The lowest BCUT2D eigenvalue weighted by molar-refractivity contribution is -0.158. The van der Waals surface area contributed by atoms with Crippen LogP contribution in [0.2, 0.25) is 0 Å². The maximum Gasteiger partial charge on any atom is 0.406 e. The maximum absolute atomic E-state index is 12.2. The Morgan fingerprint density at radius 1 is 0.563 bits per heavy atom. The summed E-state index contributed by atoms with van der Waals surface area (Å²) in [4.78, 5) is 49.3. The quantitative estimate of drug-likeness (QED) is 0.113. The number of likely N-dealkylation sites (tertiary alicyclic amines) is 3. The predicted molar refractivity (Wildman–Crippen MR) is 411 cm³/mol. The third kappa shape index (κ3) is 35.5. The lowest BCUT2D eigenvalue weighted by atomic mass is 9.76. The molecule has 0 bridgehead atoms. The van der Waals surface area contributed by atoms with E-state index in [1.54, 1.807) is 12.0 Å². The van der Waals surface area contributed by atoms with Gasteiger partial charge in [0.05, 0.1) is 31.7 Å². The highest BCUT2D eigenvalue weighted by atomic mass is 19.4. The van der Waals surface area contributed by atoms with E-state index >= 15 is 0 Å². The van der Waals surface area contributed by atoms with Gasteiger partial charge in [-0.3, -0.25) is 38.4 Å². The third-order valence-corrected chi connectivity index (χ3v) is 24.0. The summed E-state index contributed by atoms with van der Waals surface area (Å²) in [6, 6.07) is 2.12. The second-order valence-corrected chi connectivity index (χ2v) is 35.7. The molecule has 103 heavy (non-hydrogen) atoms. The second kappa shape index (κ2) is 44.8. The van der Waals surface area contributed by atoms with Crippen LogP contribution in [0.3, 0.4) is 0 Å². The Morgan fingerprint density at radius 2 is 0.981 bits per heavy atom. The van der Waals surface area contributed by atoms with Gasteiger partial charge >= 0.3 is 6.18 Å². The van der Waals surface area contributed by atoms with Gasteiger partial charge < -0.3 is 29.7 Å². The summed E-state index contributed by atoms with van der Waals surface area (Å²) in [5.74, 6) is 9.17. The number of carbonyl (C=O) groups is 3. The minimum absolute atomic E-state index is 0.136. The molecule has 4 aliphatic heterocycles. The SMILES string of the molecule is CC(C)C1CCC(CC(=O)N(C)CC(F)F)CC1.CC(C)C1CCN(CC2=CNCN2C)CC1.CC(C)C1CCN(Cc2ccn(C)n2)CC1.CC(C)C1CCN(Cc2cnn(C)c2)CC1.CN(CC(F)(F)F)C(=O)CC1CCC(C(C)(C)C)C1.COCCN(C)C(=O)CC1CCC(C(C)(C)C)C1. The molecule has 3 saturated carbocycles. The van der Waals surface area contributed by atoms with E-state index in [1.807, 2.05) is 42.9 Å². The Hall–Kier alpha value is -4.34. The van der Waals surface area contributed by atoms with Crippen LogP contribution in [0.15, 0.2) is 36.6 Å². The molecular formula is C82H149F5N12O4. The Morgan fingerprint density at radius 3 is 1.35 bits per heavy atom. The largest absolute Gasteiger partial charge is 0.406 e. The highest BCUT2D eigenvalue weighted by Crippen LogP contribution is 2.45. The molecule has 2 aromatic rings. The smallest absolute Gasteiger partial charge is 0.383 e. The van der Waals surface area contributed by atoms with Crippen LogP contribution < -0.4 is 5.32 Å². The first-order valence-corrected chi connectivity index (χ1v) is 40.0. The van der Waals surface area contributed by atoms with Gasteiger partial charge in [-0.2, -0.15) is 23.4 Å². The maximum atomic E-state index is 12.2. The van der Waals surface area contributed by atoms with E-state index in [0.29, 0.717) is 55.1 Å². The van der Waals surface area contributed by atoms with E-state index in [-0.39, 0.29) is 29.6 Å². The fourth-order valence-corrected chi connectivity index (χ4v) is 16.2. The number of amides is 3. The number of likely N-dealkylation sites (N-methyl/N-ethyl adjacent to an activating group) is 2. The van der Waals surface area contributed by atoms with Crippen LogP contribution in [0, 0.1) is 87.8 Å². The lowest BCUT2D eigenvalue weighted by Crippen LogP contribution is -2.38. The molecule has 0 radical (unpaired) electrons. The van der Waals surface area contributed by atoms with Crippen molar-refractivity contribution in [3.05, 3.63) is 47.8 Å². The molecule has 6 fully saturated rings. The van der Waals surface area contributed by atoms with E-state index in [2.05, 4.69) is 158 Å². The number of hydrogen-bond donors (Lipinski definition) is 1. The Labute approximate surface area is 623 Å². The fraction of sp³-hybridized carbons (Fsp3) is 0.866. The monoisotopic (exact) mass is 1460 g/mol. The van der Waals surface area contributed by atoms with Gasteiger partial charge in [0.2, 0.25) is 17.7 Å². The van der Waals surface area contributed by atoms with Crippen LogP contribution in [0.1, 0.15) is 230 Å². The molecule has 3 saturated heterocycles. The number of methoxy groups -OCH3 is 1. The topological polar surface area (TPSA) is 131 Å². The average Bonchev–Trinajstić information content (AvgIpc) is 1.74. The van der Waals surface area contributed by atoms with Crippen LogP contribution in [-0.4, -0.2) is 198 Å². The Kier molecular flexibility index (Phi) is 39.6. The summed E-state index contributed by atoms with van der Waals surface area (Å²) < 4.78 is 69.7. The number of nitrogens with zero attached hydrogens (tertiary/aromatic N) is 11. The number of carbonyl (C=O) groups excluding carboxylic acids is 3. The Bertz CT molecular complexity index is 2620.